The van der Waals surface area contributed by atoms with E-state index in [1.165, 1.54) is 0 Å². The molecule has 3 heterocycles. The van der Waals surface area contributed by atoms with E-state index in [4.69, 9.17) is 25.8 Å². The van der Waals surface area contributed by atoms with Gasteiger partial charge in [0.2, 0.25) is 5.91 Å². The van der Waals surface area contributed by atoms with Gasteiger partial charge in [-0.2, -0.15) is 0 Å². The highest BCUT2D eigenvalue weighted by molar-refractivity contribution is 6.30. The molecule has 6 heteroatoms. The molecule has 0 aliphatic carbocycles. The highest BCUT2D eigenvalue weighted by atomic mass is 35.5. The molecule has 3 aliphatic heterocycles. The molecule has 0 spiro atoms. The maximum Gasteiger partial charge on any atom is 0.229 e. The number of amides is 1. The lowest BCUT2D eigenvalue weighted by molar-refractivity contribution is -0.155. The average Bonchev–Trinajstić information content (AvgIpc) is 3.15. The Morgan fingerprint density at radius 3 is 2.88 bits per heavy atom. The third kappa shape index (κ3) is 3.13. The molecule has 3 aliphatic rings. The highest BCUT2D eigenvalue weighted by Gasteiger charge is 2.39. The second-order valence-corrected chi connectivity index (χ2v) is 7.11. The molecule has 4 rings (SSSR count). The third-order valence-corrected chi connectivity index (χ3v) is 5.31. The number of rotatable bonds is 2. The molecule has 0 saturated carbocycles. The quantitative estimate of drug-likeness (QED) is 0.822. The predicted octanol–water partition coefficient (Wildman–Crippen LogP) is 2.65. The summed E-state index contributed by atoms with van der Waals surface area (Å²) in [6.45, 7) is 2.41. The minimum atomic E-state index is -0.277. The molecule has 0 radical (unpaired) electrons. The van der Waals surface area contributed by atoms with E-state index in [0.717, 1.165) is 37.1 Å². The summed E-state index contributed by atoms with van der Waals surface area (Å²) >= 11 is 6.08. The van der Waals surface area contributed by atoms with Gasteiger partial charge in [-0.1, -0.05) is 11.6 Å². The number of halogens is 1. The van der Waals surface area contributed by atoms with Gasteiger partial charge in [0.05, 0.1) is 25.2 Å². The molecule has 0 N–H and O–H groups in total. The molecule has 5 nitrogen and oxygen atoms in total. The zero-order chi connectivity index (χ0) is 16.5. The number of likely N-dealkylation sites (tertiary alicyclic amines) is 1. The smallest absolute Gasteiger partial charge is 0.229 e. The fraction of sp³-hybridized carbons (Fsp3) is 0.611. The van der Waals surface area contributed by atoms with E-state index in [9.17, 15) is 4.79 Å². The van der Waals surface area contributed by atoms with Crippen molar-refractivity contribution in [2.45, 2.75) is 38.0 Å². The van der Waals surface area contributed by atoms with Crippen molar-refractivity contribution in [1.29, 1.82) is 0 Å². The van der Waals surface area contributed by atoms with Gasteiger partial charge < -0.3 is 19.1 Å². The van der Waals surface area contributed by atoms with Gasteiger partial charge in [0.1, 0.15) is 12.4 Å². The predicted molar refractivity (Wildman–Crippen MR) is 89.2 cm³/mol. The Hall–Kier alpha value is -1.30. The van der Waals surface area contributed by atoms with Crippen LogP contribution in [0.2, 0.25) is 5.02 Å². The lowest BCUT2D eigenvalue weighted by Gasteiger charge is -2.40. The Kier molecular flexibility index (Phi) is 4.66. The SMILES string of the molecule is O=C(C1COc2ccc(Cl)cc2C1)N1CCCCC1C1OCCO1. The van der Waals surface area contributed by atoms with Crippen molar-refractivity contribution in [2.24, 2.45) is 5.92 Å². The Morgan fingerprint density at radius 2 is 2.04 bits per heavy atom. The molecule has 2 unspecified atom stereocenters. The zero-order valence-electron chi connectivity index (χ0n) is 13.6. The molecule has 2 saturated heterocycles. The number of carbonyl (C=O) groups is 1. The number of hydrogen-bond donors (Lipinski definition) is 0. The second kappa shape index (κ2) is 6.90. The summed E-state index contributed by atoms with van der Waals surface area (Å²) in [6, 6.07) is 5.61. The molecule has 1 aromatic carbocycles. The monoisotopic (exact) mass is 351 g/mol. The van der Waals surface area contributed by atoms with Crippen LogP contribution in [0.4, 0.5) is 0 Å². The summed E-state index contributed by atoms with van der Waals surface area (Å²) in [4.78, 5) is 15.1. The fourth-order valence-corrected chi connectivity index (χ4v) is 4.06. The van der Waals surface area contributed by atoms with Crippen LogP contribution in [0.25, 0.3) is 0 Å². The van der Waals surface area contributed by atoms with Crippen LogP contribution in [-0.2, 0) is 20.7 Å². The second-order valence-electron chi connectivity index (χ2n) is 6.67. The average molecular weight is 352 g/mol. The first kappa shape index (κ1) is 16.2. The normalized spacial score (nSPS) is 27.6. The van der Waals surface area contributed by atoms with Crippen LogP contribution in [0, 0.1) is 5.92 Å². The summed E-state index contributed by atoms with van der Waals surface area (Å²) in [5.74, 6) is 0.809. The number of benzene rings is 1. The molecule has 1 amide bonds. The number of nitrogens with zero attached hydrogens (tertiary/aromatic N) is 1. The Morgan fingerprint density at radius 1 is 1.21 bits per heavy atom. The molecule has 2 fully saturated rings. The van der Waals surface area contributed by atoms with Crippen LogP contribution in [0.5, 0.6) is 5.75 Å². The molecule has 2 atom stereocenters. The van der Waals surface area contributed by atoms with E-state index >= 15 is 0 Å². The van der Waals surface area contributed by atoms with Crippen LogP contribution < -0.4 is 4.74 Å². The van der Waals surface area contributed by atoms with Gasteiger partial charge in [0.25, 0.3) is 0 Å². The van der Waals surface area contributed by atoms with Crippen molar-refractivity contribution in [3.8, 4) is 5.75 Å². The Balaban J connectivity index is 1.50. The standard InChI is InChI=1S/C18H22ClNO4/c19-14-4-5-16-12(10-14)9-13(11-24-16)17(21)20-6-2-1-3-15(20)18-22-7-8-23-18/h4-5,10,13,15,18H,1-3,6-9,11H2. The van der Waals surface area contributed by atoms with Gasteiger partial charge in [-0.05, 0) is 49.4 Å². The minimum absolute atomic E-state index is 0.0227. The fourth-order valence-electron chi connectivity index (χ4n) is 3.87. The minimum Gasteiger partial charge on any atom is -0.492 e. The largest absolute Gasteiger partial charge is 0.492 e. The maximum absolute atomic E-state index is 13.1. The summed E-state index contributed by atoms with van der Waals surface area (Å²) in [5.41, 5.74) is 1.01. The van der Waals surface area contributed by atoms with E-state index in [-0.39, 0.29) is 24.2 Å². The first-order valence-corrected chi connectivity index (χ1v) is 9.05. The number of hydrogen-bond acceptors (Lipinski definition) is 4. The van der Waals surface area contributed by atoms with Crippen LogP contribution in [0.1, 0.15) is 24.8 Å². The molecule has 0 aromatic heterocycles. The zero-order valence-corrected chi connectivity index (χ0v) is 14.3. The van der Waals surface area contributed by atoms with Crippen molar-refractivity contribution >= 4 is 17.5 Å². The van der Waals surface area contributed by atoms with E-state index in [1.54, 1.807) is 0 Å². The number of carbonyl (C=O) groups excluding carboxylic acids is 1. The van der Waals surface area contributed by atoms with Crippen LogP contribution in [-0.4, -0.2) is 49.5 Å². The topological polar surface area (TPSA) is 48.0 Å². The first-order chi connectivity index (χ1) is 11.7. The van der Waals surface area contributed by atoms with Gasteiger partial charge >= 0.3 is 0 Å². The maximum atomic E-state index is 13.1. The first-order valence-electron chi connectivity index (χ1n) is 8.67. The van der Waals surface area contributed by atoms with E-state index in [2.05, 4.69) is 0 Å². The highest BCUT2D eigenvalue weighted by Crippen LogP contribution is 2.32. The van der Waals surface area contributed by atoms with Gasteiger partial charge in [-0.25, -0.2) is 0 Å². The molecular weight excluding hydrogens is 330 g/mol. The van der Waals surface area contributed by atoms with E-state index in [1.807, 2.05) is 23.1 Å². The van der Waals surface area contributed by atoms with Gasteiger partial charge in [0, 0.05) is 11.6 Å². The van der Waals surface area contributed by atoms with Crippen molar-refractivity contribution in [3.05, 3.63) is 28.8 Å². The third-order valence-electron chi connectivity index (χ3n) is 5.07. The van der Waals surface area contributed by atoms with Crippen LogP contribution >= 0.6 is 11.6 Å². The summed E-state index contributed by atoms with van der Waals surface area (Å²) in [7, 11) is 0. The number of piperidine rings is 1. The molecule has 1 aromatic rings. The van der Waals surface area contributed by atoms with Crippen molar-refractivity contribution in [2.75, 3.05) is 26.4 Å². The van der Waals surface area contributed by atoms with Crippen molar-refractivity contribution < 1.29 is 19.0 Å². The van der Waals surface area contributed by atoms with E-state index < -0.39 is 0 Å². The molecule has 24 heavy (non-hydrogen) atoms. The Bertz CT molecular complexity index is 617. The lowest BCUT2D eigenvalue weighted by atomic mass is 9.93. The van der Waals surface area contributed by atoms with Crippen molar-refractivity contribution in [1.82, 2.24) is 4.90 Å². The van der Waals surface area contributed by atoms with Gasteiger partial charge in [-0.15, -0.1) is 0 Å². The summed E-state index contributed by atoms with van der Waals surface area (Å²) in [5, 5.41) is 0.675. The van der Waals surface area contributed by atoms with E-state index in [0.29, 0.717) is 31.3 Å². The van der Waals surface area contributed by atoms with Gasteiger partial charge in [0.15, 0.2) is 6.29 Å². The summed E-state index contributed by atoms with van der Waals surface area (Å²) in [6.07, 6.45) is 3.47. The molecule has 0 bridgehead atoms. The lowest BCUT2D eigenvalue weighted by Crippen LogP contribution is -2.53. The number of fused-ring (bicyclic) bond motifs is 1. The van der Waals surface area contributed by atoms with Gasteiger partial charge in [-0.3, -0.25) is 4.79 Å². The summed E-state index contributed by atoms with van der Waals surface area (Å²) < 4.78 is 17.1. The number of ether oxygens (including phenoxy) is 3. The van der Waals surface area contributed by atoms with Crippen LogP contribution in [0.15, 0.2) is 18.2 Å². The van der Waals surface area contributed by atoms with Crippen molar-refractivity contribution in [3.63, 3.8) is 0 Å². The molecule has 130 valence electrons. The molecular formula is C18H22ClNO4. The Labute approximate surface area is 146 Å². The van der Waals surface area contributed by atoms with Crippen LogP contribution in [0.3, 0.4) is 0 Å².